The summed E-state index contributed by atoms with van der Waals surface area (Å²) in [5.74, 6) is 5.79. The van der Waals surface area contributed by atoms with Gasteiger partial charge in [0.2, 0.25) is 6.73 Å². The zero-order chi connectivity index (χ0) is 20.7. The van der Waals surface area contributed by atoms with E-state index in [1.807, 2.05) is 60.7 Å². The van der Waals surface area contributed by atoms with E-state index in [4.69, 9.17) is 4.74 Å². The van der Waals surface area contributed by atoms with Gasteiger partial charge < -0.3 is 9.84 Å². The minimum Gasteiger partial charge on any atom is -0.833 e. The van der Waals surface area contributed by atoms with Gasteiger partial charge in [-0.1, -0.05) is 73.2 Å². The average Bonchev–Trinajstić information content (AvgIpc) is 3.22. The van der Waals surface area contributed by atoms with Gasteiger partial charge in [0.05, 0.1) is 13.1 Å². The van der Waals surface area contributed by atoms with Gasteiger partial charge in [0.25, 0.3) is 0 Å². The third-order valence-corrected chi connectivity index (χ3v) is 5.37. The Balaban J connectivity index is 1.85. The highest BCUT2D eigenvalue weighted by Crippen LogP contribution is 2.26. The van der Waals surface area contributed by atoms with Gasteiger partial charge in [-0.05, 0) is 24.0 Å². The van der Waals surface area contributed by atoms with Crippen molar-refractivity contribution in [1.82, 2.24) is 0 Å². The molecule has 2 aromatic carbocycles. The van der Waals surface area contributed by atoms with Crippen LogP contribution in [-0.4, -0.2) is 36.8 Å². The molecule has 2 aromatic rings. The molecule has 0 bridgehead atoms. The van der Waals surface area contributed by atoms with Crippen LogP contribution in [0.25, 0.3) is 0 Å². The minimum atomic E-state index is -1.64. The summed E-state index contributed by atoms with van der Waals surface area (Å²) >= 11 is 0. The summed E-state index contributed by atoms with van der Waals surface area (Å²) in [6, 6.07) is 18.5. The standard InChI is InChI=1S/C25H27NO3/c1-21(2)24(27)29-20-26(17-9-10-18-26)19-11-16-25(28,22-12-5-3-6-13-22)23-14-7-4-8-15-23/h3-8,12-15H,1,9-10,17-20H2,2H3. The summed E-state index contributed by atoms with van der Waals surface area (Å²) in [6.45, 7) is 7.80. The summed E-state index contributed by atoms with van der Waals surface area (Å²) in [5, 5.41) is 13.9. The van der Waals surface area contributed by atoms with Crippen molar-refractivity contribution >= 4 is 5.97 Å². The number of carbonyl (C=O) groups is 1. The Morgan fingerprint density at radius 1 is 1.07 bits per heavy atom. The van der Waals surface area contributed by atoms with E-state index in [1.54, 1.807) is 6.92 Å². The molecule has 0 aromatic heterocycles. The van der Waals surface area contributed by atoms with Gasteiger partial charge in [-0.3, -0.25) is 4.48 Å². The highest BCUT2D eigenvalue weighted by molar-refractivity contribution is 5.86. The van der Waals surface area contributed by atoms with Gasteiger partial charge in [0.15, 0.2) is 0 Å². The lowest BCUT2D eigenvalue weighted by Gasteiger charge is -2.37. The second-order valence-electron chi connectivity index (χ2n) is 7.71. The maximum atomic E-state index is 13.9. The summed E-state index contributed by atoms with van der Waals surface area (Å²) in [4.78, 5) is 11.8. The van der Waals surface area contributed by atoms with Crippen LogP contribution in [0.1, 0.15) is 30.9 Å². The zero-order valence-corrected chi connectivity index (χ0v) is 16.9. The van der Waals surface area contributed by atoms with Gasteiger partial charge in [-0.15, -0.1) is 0 Å². The molecule has 29 heavy (non-hydrogen) atoms. The molecule has 0 spiro atoms. The van der Waals surface area contributed by atoms with Crippen LogP contribution in [0.2, 0.25) is 0 Å². The lowest BCUT2D eigenvalue weighted by atomic mass is 9.87. The molecule has 4 heteroatoms. The Morgan fingerprint density at radius 2 is 1.59 bits per heavy atom. The number of hydrogen-bond donors (Lipinski definition) is 0. The van der Waals surface area contributed by atoms with Crippen LogP contribution in [0, 0.1) is 11.8 Å². The molecule has 0 radical (unpaired) electrons. The molecule has 0 amide bonds. The summed E-state index contributed by atoms with van der Waals surface area (Å²) < 4.78 is 6.01. The number of quaternary nitrogens is 1. The molecule has 1 aliphatic heterocycles. The Bertz CT molecular complexity index is 864. The number of ether oxygens (including phenoxy) is 1. The molecule has 0 unspecified atom stereocenters. The smallest absolute Gasteiger partial charge is 0.337 e. The van der Waals surface area contributed by atoms with Crippen molar-refractivity contribution in [2.24, 2.45) is 0 Å². The van der Waals surface area contributed by atoms with Crippen molar-refractivity contribution in [3.05, 3.63) is 83.9 Å². The second-order valence-corrected chi connectivity index (χ2v) is 7.71. The van der Waals surface area contributed by atoms with E-state index < -0.39 is 5.60 Å². The van der Waals surface area contributed by atoms with Crippen molar-refractivity contribution in [3.63, 3.8) is 0 Å². The Kier molecular flexibility index (Phi) is 6.53. The number of esters is 1. The van der Waals surface area contributed by atoms with Crippen LogP contribution in [0.5, 0.6) is 0 Å². The molecule has 1 heterocycles. The summed E-state index contributed by atoms with van der Waals surface area (Å²) in [5.41, 5.74) is 0.00147. The van der Waals surface area contributed by atoms with E-state index in [9.17, 15) is 9.90 Å². The minimum absolute atomic E-state index is 0.267. The Morgan fingerprint density at radius 3 is 2.07 bits per heavy atom. The average molecular weight is 389 g/mol. The van der Waals surface area contributed by atoms with Crippen LogP contribution in [-0.2, 0) is 15.1 Å². The summed E-state index contributed by atoms with van der Waals surface area (Å²) in [6.07, 6.45) is 2.12. The van der Waals surface area contributed by atoms with E-state index in [0.29, 0.717) is 27.7 Å². The van der Waals surface area contributed by atoms with Gasteiger partial charge in [0.1, 0.15) is 6.54 Å². The second kappa shape index (κ2) is 9.09. The van der Waals surface area contributed by atoms with Crippen molar-refractivity contribution in [1.29, 1.82) is 0 Å². The predicted molar refractivity (Wildman–Crippen MR) is 111 cm³/mol. The fourth-order valence-corrected chi connectivity index (χ4v) is 3.65. The van der Waals surface area contributed by atoms with Gasteiger partial charge >= 0.3 is 5.97 Å². The fraction of sp³-hybridized carbons (Fsp3) is 0.320. The van der Waals surface area contributed by atoms with Crippen molar-refractivity contribution in [2.45, 2.75) is 25.4 Å². The van der Waals surface area contributed by atoms with Crippen LogP contribution < -0.4 is 5.11 Å². The molecule has 1 fully saturated rings. The highest BCUT2D eigenvalue weighted by atomic mass is 16.5. The maximum absolute atomic E-state index is 13.9. The van der Waals surface area contributed by atoms with Gasteiger partial charge in [0, 0.05) is 24.0 Å². The van der Waals surface area contributed by atoms with E-state index in [0.717, 1.165) is 25.9 Å². The molecule has 0 aliphatic carbocycles. The molecule has 0 N–H and O–H groups in total. The quantitative estimate of drug-likeness (QED) is 0.330. The first-order chi connectivity index (χ1) is 14.0. The van der Waals surface area contributed by atoms with Crippen LogP contribution in [0.4, 0.5) is 0 Å². The third-order valence-electron chi connectivity index (χ3n) is 5.37. The zero-order valence-electron chi connectivity index (χ0n) is 16.9. The Labute approximate surface area is 173 Å². The van der Waals surface area contributed by atoms with E-state index in [1.165, 1.54) is 0 Å². The number of rotatable bonds is 6. The van der Waals surface area contributed by atoms with E-state index in [-0.39, 0.29) is 12.7 Å². The molecule has 150 valence electrons. The SMILES string of the molecule is C=C(C)C(=O)OC[N+]1(CC#CC([O-])(c2ccccc2)c2ccccc2)CCCC1. The fourth-order valence-electron chi connectivity index (χ4n) is 3.65. The first-order valence-electron chi connectivity index (χ1n) is 9.94. The molecule has 1 aliphatic rings. The highest BCUT2D eigenvalue weighted by Gasteiger charge is 2.32. The number of hydrogen-bond acceptors (Lipinski definition) is 3. The molecular formula is C25H27NO3. The largest absolute Gasteiger partial charge is 0.833 e. The summed E-state index contributed by atoms with van der Waals surface area (Å²) in [7, 11) is 0. The molecule has 0 saturated carbocycles. The number of carbonyl (C=O) groups excluding carboxylic acids is 1. The monoisotopic (exact) mass is 389 g/mol. The number of benzene rings is 2. The topological polar surface area (TPSA) is 49.4 Å². The first kappa shape index (κ1) is 20.9. The molecule has 4 nitrogen and oxygen atoms in total. The van der Waals surface area contributed by atoms with Crippen molar-refractivity contribution in [3.8, 4) is 11.8 Å². The first-order valence-corrected chi connectivity index (χ1v) is 9.94. The van der Waals surface area contributed by atoms with Crippen molar-refractivity contribution < 1.29 is 19.1 Å². The normalized spacial score (nSPS) is 15.2. The van der Waals surface area contributed by atoms with Gasteiger partial charge in [-0.2, -0.15) is 0 Å². The van der Waals surface area contributed by atoms with Crippen LogP contribution in [0.15, 0.2) is 72.8 Å². The number of nitrogens with zero attached hydrogens (tertiary/aromatic N) is 1. The lowest BCUT2D eigenvalue weighted by Crippen LogP contribution is -2.48. The third kappa shape index (κ3) is 4.95. The van der Waals surface area contributed by atoms with E-state index >= 15 is 0 Å². The van der Waals surface area contributed by atoms with E-state index in [2.05, 4.69) is 18.4 Å². The molecular weight excluding hydrogens is 362 g/mol. The maximum Gasteiger partial charge on any atom is 0.337 e. The predicted octanol–water partition coefficient (Wildman–Crippen LogP) is 2.98. The van der Waals surface area contributed by atoms with Crippen LogP contribution in [0.3, 0.4) is 0 Å². The van der Waals surface area contributed by atoms with Crippen LogP contribution >= 0.6 is 0 Å². The molecule has 1 saturated heterocycles. The lowest BCUT2D eigenvalue weighted by molar-refractivity contribution is -0.926. The molecule has 0 atom stereocenters. The molecule has 3 rings (SSSR count). The van der Waals surface area contributed by atoms with Gasteiger partial charge in [-0.25, -0.2) is 4.79 Å². The van der Waals surface area contributed by atoms with Crippen molar-refractivity contribution in [2.75, 3.05) is 26.4 Å². The number of likely N-dealkylation sites (tertiary alicyclic amines) is 1. The Hall–Kier alpha value is -2.87.